The standard InChI is InChI=1S/C22H27ClN6O3/c1-21(2,3)32-20(31)27-19-28-22(4,11-17(30)29(19)5)13-7-6-8-15(9-13)26-16-10-14(23)12-25-18(16)24/h6-10,12,26H,11H2,1-5H3,(H2,24,25)(H,27,28,31)/t22-/m0/s1. The Labute approximate surface area is 192 Å². The SMILES string of the molecule is CN1C(=O)C[C@@](C)(c2cccc(Nc3cc(Cl)cnc3N)c2)N=C1NC(=O)OC(C)(C)C. The molecule has 3 rings (SSSR count). The number of nitrogens with zero attached hydrogens (tertiary/aromatic N) is 3. The van der Waals surface area contributed by atoms with E-state index in [0.29, 0.717) is 16.5 Å². The number of amides is 2. The molecule has 2 heterocycles. The number of benzene rings is 1. The Bertz CT molecular complexity index is 1080. The third-order valence-corrected chi connectivity index (χ3v) is 5.01. The van der Waals surface area contributed by atoms with Gasteiger partial charge in [0, 0.05) is 18.9 Å². The van der Waals surface area contributed by atoms with E-state index in [1.54, 1.807) is 33.9 Å². The van der Waals surface area contributed by atoms with Crippen molar-refractivity contribution in [2.24, 2.45) is 4.99 Å². The van der Waals surface area contributed by atoms with Crippen molar-refractivity contribution in [3.05, 3.63) is 47.1 Å². The van der Waals surface area contributed by atoms with Gasteiger partial charge in [-0.25, -0.2) is 14.8 Å². The second-order valence-electron chi connectivity index (χ2n) is 8.76. The van der Waals surface area contributed by atoms with Crippen LogP contribution in [-0.2, 0) is 15.1 Å². The second kappa shape index (κ2) is 8.66. The third-order valence-electron chi connectivity index (χ3n) is 4.80. The van der Waals surface area contributed by atoms with Gasteiger partial charge in [0.1, 0.15) is 11.4 Å². The summed E-state index contributed by atoms with van der Waals surface area (Å²) in [6, 6.07) is 9.12. The minimum atomic E-state index is -0.899. The number of aromatic nitrogens is 1. The molecule has 32 heavy (non-hydrogen) atoms. The van der Waals surface area contributed by atoms with E-state index >= 15 is 0 Å². The number of carbonyl (C=O) groups is 2. The molecule has 1 aromatic heterocycles. The van der Waals surface area contributed by atoms with E-state index in [9.17, 15) is 9.59 Å². The van der Waals surface area contributed by atoms with Gasteiger partial charge in [-0.2, -0.15) is 0 Å². The number of pyridine rings is 1. The molecule has 170 valence electrons. The lowest BCUT2D eigenvalue weighted by Crippen LogP contribution is -2.52. The molecule has 0 saturated heterocycles. The van der Waals surface area contributed by atoms with Gasteiger partial charge >= 0.3 is 6.09 Å². The van der Waals surface area contributed by atoms with Crippen LogP contribution in [0.2, 0.25) is 5.02 Å². The van der Waals surface area contributed by atoms with Crippen molar-refractivity contribution in [3.8, 4) is 0 Å². The van der Waals surface area contributed by atoms with E-state index in [4.69, 9.17) is 22.1 Å². The van der Waals surface area contributed by atoms with Crippen molar-refractivity contribution in [1.82, 2.24) is 15.2 Å². The number of anilines is 3. The summed E-state index contributed by atoms with van der Waals surface area (Å²) in [7, 11) is 1.56. The van der Waals surface area contributed by atoms with Crippen LogP contribution in [0, 0.1) is 0 Å². The Kier molecular flexibility index (Phi) is 6.32. The van der Waals surface area contributed by atoms with Crippen LogP contribution in [0.1, 0.15) is 39.7 Å². The fourth-order valence-corrected chi connectivity index (χ4v) is 3.35. The maximum absolute atomic E-state index is 12.7. The zero-order chi connectivity index (χ0) is 23.7. The summed E-state index contributed by atoms with van der Waals surface area (Å²) in [6.45, 7) is 7.11. The number of rotatable bonds is 3. The molecule has 2 aromatic rings. The molecule has 9 nitrogen and oxygen atoms in total. The van der Waals surface area contributed by atoms with Gasteiger partial charge in [-0.05, 0) is 51.5 Å². The number of guanidine groups is 1. The molecule has 0 spiro atoms. The number of halogens is 1. The number of aliphatic imine (C=N–C) groups is 1. The number of hydrogen-bond donors (Lipinski definition) is 3. The van der Waals surface area contributed by atoms with E-state index in [0.717, 1.165) is 11.3 Å². The highest BCUT2D eigenvalue weighted by molar-refractivity contribution is 6.30. The molecule has 1 atom stereocenters. The largest absolute Gasteiger partial charge is 0.444 e. The first-order valence-electron chi connectivity index (χ1n) is 10.0. The molecule has 4 N–H and O–H groups in total. The molecule has 10 heteroatoms. The molecule has 0 aliphatic carbocycles. The lowest BCUT2D eigenvalue weighted by atomic mass is 9.87. The van der Waals surface area contributed by atoms with Crippen LogP contribution >= 0.6 is 11.6 Å². The minimum Gasteiger partial charge on any atom is -0.444 e. The summed E-state index contributed by atoms with van der Waals surface area (Å²) in [5.41, 5.74) is 6.42. The highest BCUT2D eigenvalue weighted by Gasteiger charge is 2.38. The summed E-state index contributed by atoms with van der Waals surface area (Å²) in [5, 5.41) is 6.23. The van der Waals surface area contributed by atoms with Gasteiger partial charge in [-0.15, -0.1) is 0 Å². The molecule has 0 saturated carbocycles. The van der Waals surface area contributed by atoms with Crippen molar-refractivity contribution in [2.75, 3.05) is 18.1 Å². The molecule has 1 aromatic carbocycles. The Hall–Kier alpha value is -3.33. The van der Waals surface area contributed by atoms with Gasteiger partial charge in [-0.3, -0.25) is 15.0 Å². The van der Waals surface area contributed by atoms with Crippen LogP contribution in [0.4, 0.5) is 22.0 Å². The van der Waals surface area contributed by atoms with Gasteiger partial charge < -0.3 is 15.8 Å². The predicted octanol–water partition coefficient (Wildman–Crippen LogP) is 4.02. The monoisotopic (exact) mass is 458 g/mol. The van der Waals surface area contributed by atoms with Crippen LogP contribution in [0.5, 0.6) is 0 Å². The molecule has 0 radical (unpaired) electrons. The van der Waals surface area contributed by atoms with Crippen LogP contribution in [0.3, 0.4) is 0 Å². The Morgan fingerprint density at radius 1 is 1.31 bits per heavy atom. The number of nitrogens with two attached hydrogens (primary N) is 1. The summed E-state index contributed by atoms with van der Waals surface area (Å²) < 4.78 is 5.30. The molecular formula is C22H27ClN6O3. The van der Waals surface area contributed by atoms with Crippen molar-refractivity contribution in [3.63, 3.8) is 0 Å². The van der Waals surface area contributed by atoms with E-state index in [2.05, 4.69) is 20.6 Å². The van der Waals surface area contributed by atoms with E-state index in [1.165, 1.54) is 11.1 Å². The molecule has 0 bridgehead atoms. The smallest absolute Gasteiger partial charge is 0.414 e. The zero-order valence-electron chi connectivity index (χ0n) is 18.7. The fourth-order valence-electron chi connectivity index (χ4n) is 3.19. The topological polar surface area (TPSA) is 122 Å². The molecule has 0 fully saturated rings. The molecule has 1 aliphatic rings. The highest BCUT2D eigenvalue weighted by Crippen LogP contribution is 2.35. The molecule has 0 unspecified atom stereocenters. The van der Waals surface area contributed by atoms with E-state index in [-0.39, 0.29) is 18.3 Å². The zero-order valence-corrected chi connectivity index (χ0v) is 19.4. The van der Waals surface area contributed by atoms with Gasteiger partial charge in [0.2, 0.25) is 11.9 Å². The number of alkyl carbamates (subject to hydrolysis) is 1. The fraction of sp³-hybridized carbons (Fsp3) is 0.364. The normalized spacial score (nSPS) is 18.8. The van der Waals surface area contributed by atoms with Crippen molar-refractivity contribution in [1.29, 1.82) is 0 Å². The highest BCUT2D eigenvalue weighted by atomic mass is 35.5. The summed E-state index contributed by atoms with van der Waals surface area (Å²) in [6.07, 6.45) is 0.921. The predicted molar refractivity (Wildman–Crippen MR) is 125 cm³/mol. The van der Waals surface area contributed by atoms with Gasteiger partial charge in [0.25, 0.3) is 0 Å². The number of carbonyl (C=O) groups excluding carboxylic acids is 2. The lowest BCUT2D eigenvalue weighted by Gasteiger charge is -2.35. The molecule has 2 amide bonds. The van der Waals surface area contributed by atoms with Crippen LogP contribution in [0.15, 0.2) is 41.5 Å². The van der Waals surface area contributed by atoms with Gasteiger partial charge in [0.05, 0.1) is 22.7 Å². The minimum absolute atomic E-state index is 0.125. The molecule has 1 aliphatic heterocycles. The summed E-state index contributed by atoms with van der Waals surface area (Å²) >= 11 is 6.02. The Morgan fingerprint density at radius 3 is 2.72 bits per heavy atom. The number of nitrogens with one attached hydrogen (secondary N) is 2. The average molecular weight is 459 g/mol. The lowest BCUT2D eigenvalue weighted by molar-refractivity contribution is -0.128. The first-order valence-corrected chi connectivity index (χ1v) is 10.4. The number of hydrogen-bond acceptors (Lipinski definition) is 7. The number of ether oxygens (including phenoxy) is 1. The van der Waals surface area contributed by atoms with E-state index in [1.807, 2.05) is 31.2 Å². The van der Waals surface area contributed by atoms with E-state index < -0.39 is 17.2 Å². The van der Waals surface area contributed by atoms with Crippen molar-refractivity contribution in [2.45, 2.75) is 45.3 Å². The van der Waals surface area contributed by atoms with Crippen LogP contribution in [0.25, 0.3) is 0 Å². The maximum Gasteiger partial charge on any atom is 0.414 e. The Balaban J connectivity index is 1.90. The quantitative estimate of drug-likeness (QED) is 0.638. The summed E-state index contributed by atoms with van der Waals surface area (Å²) in [4.78, 5) is 35.0. The van der Waals surface area contributed by atoms with Gasteiger partial charge in [-0.1, -0.05) is 23.7 Å². The van der Waals surface area contributed by atoms with Crippen LogP contribution < -0.4 is 16.4 Å². The van der Waals surface area contributed by atoms with Crippen molar-refractivity contribution >= 4 is 46.8 Å². The molecular weight excluding hydrogens is 432 g/mol. The maximum atomic E-state index is 12.7. The first-order chi connectivity index (χ1) is 14.9. The number of nitrogen functional groups attached to an aromatic ring is 1. The third kappa shape index (κ3) is 5.47. The average Bonchev–Trinajstić information content (AvgIpc) is 2.67. The Morgan fingerprint density at radius 2 is 2.03 bits per heavy atom. The van der Waals surface area contributed by atoms with Gasteiger partial charge in [0.15, 0.2) is 0 Å². The summed E-state index contributed by atoms with van der Waals surface area (Å²) in [5.74, 6) is 0.247. The van der Waals surface area contributed by atoms with Crippen LogP contribution in [-0.4, -0.2) is 40.5 Å². The second-order valence-corrected chi connectivity index (χ2v) is 9.19. The van der Waals surface area contributed by atoms with Crippen molar-refractivity contribution < 1.29 is 14.3 Å². The first kappa shape index (κ1) is 23.3.